The van der Waals surface area contributed by atoms with Crippen molar-refractivity contribution in [1.82, 2.24) is 4.90 Å². The molecule has 21 heavy (non-hydrogen) atoms. The minimum atomic E-state index is 0. The van der Waals surface area contributed by atoms with E-state index in [9.17, 15) is 0 Å². The largest absolute Gasteiger partial charge is 0.492 e. The average molecular weight is 311 g/mol. The summed E-state index contributed by atoms with van der Waals surface area (Å²) >= 11 is 0. The summed E-state index contributed by atoms with van der Waals surface area (Å²) in [5.41, 5.74) is 8.64. The van der Waals surface area contributed by atoms with Gasteiger partial charge in [0.1, 0.15) is 12.4 Å². The summed E-state index contributed by atoms with van der Waals surface area (Å²) in [7, 11) is 0. The lowest BCUT2D eigenvalue weighted by molar-refractivity contribution is 0.224. The Bertz CT molecular complexity index is 460. The van der Waals surface area contributed by atoms with Gasteiger partial charge in [0, 0.05) is 25.7 Å². The van der Waals surface area contributed by atoms with Crippen LogP contribution in [0.4, 0.5) is 0 Å². The van der Waals surface area contributed by atoms with Crippen LogP contribution in [0.15, 0.2) is 18.2 Å². The Morgan fingerprint density at radius 3 is 2.57 bits per heavy atom. The SMILES string of the molecule is Cc1cccc(C)c1OCCN1CC2CCC(N)C2C1.Cl. The minimum Gasteiger partial charge on any atom is -0.492 e. The lowest BCUT2D eigenvalue weighted by atomic mass is 9.98. The summed E-state index contributed by atoms with van der Waals surface area (Å²) < 4.78 is 6.01. The molecule has 1 aromatic rings. The smallest absolute Gasteiger partial charge is 0.125 e. The van der Waals surface area contributed by atoms with Gasteiger partial charge in [-0.3, -0.25) is 4.90 Å². The summed E-state index contributed by atoms with van der Waals surface area (Å²) in [6, 6.07) is 6.74. The van der Waals surface area contributed by atoms with Crippen LogP contribution in [0.2, 0.25) is 0 Å². The van der Waals surface area contributed by atoms with Crippen LogP contribution >= 0.6 is 12.4 Å². The maximum atomic E-state index is 6.18. The molecule has 118 valence electrons. The number of hydrogen-bond acceptors (Lipinski definition) is 3. The van der Waals surface area contributed by atoms with E-state index in [0.29, 0.717) is 6.04 Å². The molecular formula is C17H27ClN2O. The van der Waals surface area contributed by atoms with Gasteiger partial charge in [-0.05, 0) is 49.7 Å². The van der Waals surface area contributed by atoms with Gasteiger partial charge in [0.15, 0.2) is 0 Å². The first-order valence-corrected chi connectivity index (χ1v) is 7.82. The van der Waals surface area contributed by atoms with Crippen LogP contribution in [0.25, 0.3) is 0 Å². The Labute approximate surface area is 134 Å². The molecule has 2 N–H and O–H groups in total. The number of aryl methyl sites for hydroxylation is 2. The number of nitrogens with two attached hydrogens (primary N) is 1. The molecule has 0 spiro atoms. The van der Waals surface area contributed by atoms with Crippen molar-refractivity contribution in [2.24, 2.45) is 17.6 Å². The Kier molecular flexibility index (Phi) is 5.53. The van der Waals surface area contributed by atoms with E-state index in [0.717, 1.165) is 30.7 Å². The number of halogens is 1. The summed E-state index contributed by atoms with van der Waals surface area (Å²) in [5, 5.41) is 0. The third kappa shape index (κ3) is 3.53. The van der Waals surface area contributed by atoms with Gasteiger partial charge in [0.2, 0.25) is 0 Å². The number of benzene rings is 1. The van der Waals surface area contributed by atoms with Crippen molar-refractivity contribution < 1.29 is 4.74 Å². The molecule has 1 aliphatic carbocycles. The average Bonchev–Trinajstić information content (AvgIpc) is 2.96. The number of ether oxygens (including phenoxy) is 1. The second-order valence-corrected chi connectivity index (χ2v) is 6.49. The molecule has 3 atom stereocenters. The normalized spacial score (nSPS) is 28.2. The van der Waals surface area contributed by atoms with Crippen molar-refractivity contribution in [2.45, 2.75) is 32.7 Å². The molecule has 0 amide bonds. The first-order valence-electron chi connectivity index (χ1n) is 7.82. The number of likely N-dealkylation sites (tertiary alicyclic amines) is 1. The van der Waals surface area contributed by atoms with Gasteiger partial charge in [-0.25, -0.2) is 0 Å². The highest BCUT2D eigenvalue weighted by atomic mass is 35.5. The van der Waals surface area contributed by atoms with Gasteiger partial charge in [-0.15, -0.1) is 12.4 Å². The third-order valence-electron chi connectivity index (χ3n) is 5.05. The summed E-state index contributed by atoms with van der Waals surface area (Å²) in [5.74, 6) is 2.63. The highest BCUT2D eigenvalue weighted by Gasteiger charge is 2.40. The molecule has 3 rings (SSSR count). The third-order valence-corrected chi connectivity index (χ3v) is 5.05. The second kappa shape index (κ2) is 6.99. The summed E-state index contributed by atoms with van der Waals surface area (Å²) in [6.45, 7) is 8.41. The van der Waals surface area contributed by atoms with Gasteiger partial charge >= 0.3 is 0 Å². The van der Waals surface area contributed by atoms with Crippen molar-refractivity contribution in [1.29, 1.82) is 0 Å². The van der Waals surface area contributed by atoms with Crippen molar-refractivity contribution in [3.8, 4) is 5.75 Å². The van der Waals surface area contributed by atoms with Gasteiger partial charge in [0.25, 0.3) is 0 Å². The Morgan fingerprint density at radius 1 is 1.19 bits per heavy atom. The maximum Gasteiger partial charge on any atom is 0.125 e. The van der Waals surface area contributed by atoms with E-state index in [1.807, 2.05) is 0 Å². The number of fused-ring (bicyclic) bond motifs is 1. The molecule has 3 nitrogen and oxygen atoms in total. The van der Waals surface area contributed by atoms with E-state index in [1.165, 1.54) is 37.1 Å². The first kappa shape index (κ1) is 16.6. The molecule has 1 aliphatic heterocycles. The van der Waals surface area contributed by atoms with Crippen LogP contribution in [-0.4, -0.2) is 37.2 Å². The van der Waals surface area contributed by atoms with E-state index in [2.05, 4.69) is 36.9 Å². The minimum absolute atomic E-state index is 0. The Hall–Kier alpha value is -0.770. The zero-order chi connectivity index (χ0) is 14.1. The Balaban J connectivity index is 0.00000161. The molecule has 3 unspecified atom stereocenters. The summed E-state index contributed by atoms with van der Waals surface area (Å²) in [4.78, 5) is 2.53. The topological polar surface area (TPSA) is 38.5 Å². The van der Waals surface area contributed by atoms with Crippen LogP contribution in [0.1, 0.15) is 24.0 Å². The van der Waals surface area contributed by atoms with E-state index < -0.39 is 0 Å². The van der Waals surface area contributed by atoms with E-state index >= 15 is 0 Å². The molecule has 1 aromatic carbocycles. The molecule has 0 bridgehead atoms. The van der Waals surface area contributed by atoms with Crippen LogP contribution in [0.3, 0.4) is 0 Å². The lowest BCUT2D eigenvalue weighted by Crippen LogP contribution is -2.32. The van der Waals surface area contributed by atoms with E-state index in [-0.39, 0.29) is 12.4 Å². The van der Waals surface area contributed by atoms with Gasteiger partial charge in [-0.2, -0.15) is 0 Å². The zero-order valence-electron chi connectivity index (χ0n) is 13.0. The van der Waals surface area contributed by atoms with Gasteiger partial charge in [0.05, 0.1) is 0 Å². The lowest BCUT2D eigenvalue weighted by Gasteiger charge is -2.19. The predicted octanol–water partition coefficient (Wildman–Crippen LogP) is 2.77. The number of hydrogen-bond donors (Lipinski definition) is 1. The number of nitrogens with zero attached hydrogens (tertiary/aromatic N) is 1. The van der Waals surface area contributed by atoms with Crippen LogP contribution in [0.5, 0.6) is 5.75 Å². The number of para-hydroxylation sites is 1. The van der Waals surface area contributed by atoms with Gasteiger partial charge in [-0.1, -0.05) is 18.2 Å². The Morgan fingerprint density at radius 2 is 1.90 bits per heavy atom. The van der Waals surface area contributed by atoms with Crippen molar-refractivity contribution in [3.63, 3.8) is 0 Å². The van der Waals surface area contributed by atoms with Crippen LogP contribution in [-0.2, 0) is 0 Å². The van der Waals surface area contributed by atoms with Gasteiger partial charge < -0.3 is 10.5 Å². The fraction of sp³-hybridized carbons (Fsp3) is 0.647. The van der Waals surface area contributed by atoms with E-state index in [4.69, 9.17) is 10.5 Å². The first-order chi connectivity index (χ1) is 9.65. The predicted molar refractivity (Wildman–Crippen MR) is 89.3 cm³/mol. The monoisotopic (exact) mass is 310 g/mol. The zero-order valence-corrected chi connectivity index (χ0v) is 13.9. The molecule has 0 radical (unpaired) electrons. The molecule has 1 heterocycles. The van der Waals surface area contributed by atoms with Crippen LogP contribution < -0.4 is 10.5 Å². The van der Waals surface area contributed by atoms with Crippen molar-refractivity contribution in [3.05, 3.63) is 29.3 Å². The standard InChI is InChI=1S/C17H26N2O.ClH/c1-12-4-3-5-13(2)17(12)20-9-8-19-10-14-6-7-16(18)15(14)11-19;/h3-5,14-16H,6-11,18H2,1-2H3;1H. The molecule has 2 aliphatic rings. The molecule has 2 fully saturated rings. The quantitative estimate of drug-likeness (QED) is 0.929. The van der Waals surface area contributed by atoms with E-state index in [1.54, 1.807) is 0 Å². The highest BCUT2D eigenvalue weighted by Crippen LogP contribution is 2.36. The molecule has 0 aromatic heterocycles. The molecule has 1 saturated carbocycles. The molecule has 1 saturated heterocycles. The van der Waals surface area contributed by atoms with Crippen molar-refractivity contribution >= 4 is 12.4 Å². The number of rotatable bonds is 4. The fourth-order valence-electron chi connectivity index (χ4n) is 3.89. The van der Waals surface area contributed by atoms with Crippen molar-refractivity contribution in [2.75, 3.05) is 26.2 Å². The molecular weight excluding hydrogens is 284 g/mol. The second-order valence-electron chi connectivity index (χ2n) is 6.49. The highest BCUT2D eigenvalue weighted by molar-refractivity contribution is 5.85. The maximum absolute atomic E-state index is 6.18. The van der Waals surface area contributed by atoms with Crippen LogP contribution in [0, 0.1) is 25.7 Å². The molecule has 4 heteroatoms. The fourth-order valence-corrected chi connectivity index (χ4v) is 3.89. The summed E-state index contributed by atoms with van der Waals surface area (Å²) in [6.07, 6.45) is 2.54.